The van der Waals surface area contributed by atoms with E-state index in [-0.39, 0.29) is 12.0 Å². The molecule has 1 aliphatic rings. The number of carbonyl (C=O) groups excluding carboxylic acids is 1. The zero-order chi connectivity index (χ0) is 14.1. The Labute approximate surface area is 114 Å². The zero-order valence-electron chi connectivity index (χ0n) is 11.8. The number of methoxy groups -OCH3 is 1. The number of ether oxygens (including phenoxy) is 1. The van der Waals surface area contributed by atoms with E-state index in [2.05, 4.69) is 22.3 Å². The van der Waals surface area contributed by atoms with Crippen LogP contribution in [0.2, 0.25) is 0 Å². The molecule has 6 heteroatoms. The van der Waals surface area contributed by atoms with Crippen LogP contribution in [0.15, 0.2) is 5.11 Å². The molecule has 1 aliphatic carbocycles. The molecule has 0 bridgehead atoms. The number of nitrogens with one attached hydrogen (secondary N) is 1. The van der Waals surface area contributed by atoms with E-state index >= 15 is 0 Å². The SMILES string of the molecule is COC(=O)C(NCCCN=[N+]=[N-])C1CCCC(C)C1. The fourth-order valence-corrected chi connectivity index (χ4v) is 2.81. The van der Waals surface area contributed by atoms with Gasteiger partial charge >= 0.3 is 5.97 Å². The first-order valence-corrected chi connectivity index (χ1v) is 7.01. The molecule has 0 saturated heterocycles. The van der Waals surface area contributed by atoms with Gasteiger partial charge in [0.05, 0.1) is 7.11 Å². The zero-order valence-corrected chi connectivity index (χ0v) is 11.8. The van der Waals surface area contributed by atoms with E-state index in [9.17, 15) is 4.79 Å². The standard InChI is InChI=1S/C13H24N4O2/c1-10-5-3-6-11(9-10)12(13(18)19-2)15-7-4-8-16-17-14/h10-12,15H,3-9H2,1-2H3. The summed E-state index contributed by atoms with van der Waals surface area (Å²) in [6.45, 7) is 3.37. The van der Waals surface area contributed by atoms with E-state index in [1.807, 2.05) is 0 Å². The van der Waals surface area contributed by atoms with E-state index in [1.54, 1.807) is 0 Å². The maximum absolute atomic E-state index is 11.9. The van der Waals surface area contributed by atoms with Gasteiger partial charge in [0.15, 0.2) is 0 Å². The first-order valence-electron chi connectivity index (χ1n) is 7.01. The van der Waals surface area contributed by atoms with Crippen molar-refractivity contribution in [2.75, 3.05) is 20.2 Å². The second-order valence-corrected chi connectivity index (χ2v) is 5.29. The van der Waals surface area contributed by atoms with Crippen molar-refractivity contribution in [1.29, 1.82) is 0 Å². The van der Waals surface area contributed by atoms with Crippen LogP contribution in [-0.4, -0.2) is 32.2 Å². The Bertz CT molecular complexity index is 329. The highest BCUT2D eigenvalue weighted by molar-refractivity contribution is 5.76. The summed E-state index contributed by atoms with van der Waals surface area (Å²) >= 11 is 0. The molecule has 0 heterocycles. The van der Waals surface area contributed by atoms with Gasteiger partial charge in [-0.1, -0.05) is 24.9 Å². The minimum absolute atomic E-state index is 0.178. The maximum atomic E-state index is 11.9. The lowest BCUT2D eigenvalue weighted by Gasteiger charge is -2.32. The largest absolute Gasteiger partial charge is 0.468 e. The summed E-state index contributed by atoms with van der Waals surface area (Å²) in [5.74, 6) is 0.856. The van der Waals surface area contributed by atoms with Crippen molar-refractivity contribution in [3.8, 4) is 0 Å². The minimum atomic E-state index is -0.223. The van der Waals surface area contributed by atoms with Crippen molar-refractivity contribution in [1.82, 2.24) is 5.32 Å². The fraction of sp³-hybridized carbons (Fsp3) is 0.923. The molecule has 1 N–H and O–H groups in total. The van der Waals surface area contributed by atoms with Crippen molar-refractivity contribution >= 4 is 5.97 Å². The smallest absolute Gasteiger partial charge is 0.323 e. The van der Waals surface area contributed by atoms with Crippen molar-refractivity contribution in [2.45, 2.75) is 45.1 Å². The van der Waals surface area contributed by atoms with Gasteiger partial charge in [0.2, 0.25) is 0 Å². The Morgan fingerprint density at radius 2 is 2.37 bits per heavy atom. The van der Waals surface area contributed by atoms with E-state index < -0.39 is 0 Å². The van der Waals surface area contributed by atoms with Crippen molar-refractivity contribution in [2.24, 2.45) is 17.0 Å². The van der Waals surface area contributed by atoms with Crippen LogP contribution in [0.5, 0.6) is 0 Å². The third-order valence-electron chi connectivity index (χ3n) is 3.77. The van der Waals surface area contributed by atoms with Crippen LogP contribution in [0, 0.1) is 11.8 Å². The first-order chi connectivity index (χ1) is 9.19. The lowest BCUT2D eigenvalue weighted by atomic mass is 9.78. The summed E-state index contributed by atoms with van der Waals surface area (Å²) in [5, 5.41) is 6.74. The van der Waals surface area contributed by atoms with Gasteiger partial charge in [-0.15, -0.1) is 0 Å². The van der Waals surface area contributed by atoms with Crippen molar-refractivity contribution < 1.29 is 9.53 Å². The second kappa shape index (κ2) is 8.77. The van der Waals surface area contributed by atoms with Crippen LogP contribution < -0.4 is 5.32 Å². The van der Waals surface area contributed by atoms with Gasteiger partial charge in [0.1, 0.15) is 6.04 Å². The molecule has 0 aromatic carbocycles. The number of rotatable bonds is 7. The lowest BCUT2D eigenvalue weighted by molar-refractivity contribution is -0.145. The molecule has 1 rings (SSSR count). The number of esters is 1. The molecule has 1 saturated carbocycles. The topological polar surface area (TPSA) is 87.1 Å². The van der Waals surface area contributed by atoms with E-state index in [0.29, 0.717) is 24.9 Å². The molecule has 3 atom stereocenters. The molecule has 0 aliphatic heterocycles. The Morgan fingerprint density at radius 3 is 3.00 bits per heavy atom. The van der Waals surface area contributed by atoms with Gasteiger partial charge in [0.25, 0.3) is 0 Å². The second-order valence-electron chi connectivity index (χ2n) is 5.29. The molecule has 1 fully saturated rings. The van der Waals surface area contributed by atoms with Crippen LogP contribution in [0.3, 0.4) is 0 Å². The maximum Gasteiger partial charge on any atom is 0.323 e. The average Bonchev–Trinajstić information content (AvgIpc) is 2.42. The highest BCUT2D eigenvalue weighted by Gasteiger charge is 2.31. The predicted molar refractivity (Wildman–Crippen MR) is 73.6 cm³/mol. The Morgan fingerprint density at radius 1 is 1.58 bits per heavy atom. The quantitative estimate of drug-likeness (QED) is 0.253. The van der Waals surface area contributed by atoms with Crippen LogP contribution in [-0.2, 0) is 9.53 Å². The summed E-state index contributed by atoms with van der Waals surface area (Å²) in [6, 6.07) is -0.223. The van der Waals surface area contributed by atoms with Gasteiger partial charge in [-0.25, -0.2) is 0 Å². The molecule has 0 aromatic heterocycles. The number of azide groups is 1. The molecule has 0 aromatic rings. The van der Waals surface area contributed by atoms with Gasteiger partial charge < -0.3 is 10.1 Å². The molecule has 6 nitrogen and oxygen atoms in total. The molecular weight excluding hydrogens is 244 g/mol. The molecule has 108 valence electrons. The predicted octanol–water partition coefficient (Wildman–Crippen LogP) is 2.64. The summed E-state index contributed by atoms with van der Waals surface area (Å²) in [5.41, 5.74) is 8.20. The summed E-state index contributed by atoms with van der Waals surface area (Å²) in [7, 11) is 1.43. The van der Waals surface area contributed by atoms with Crippen LogP contribution >= 0.6 is 0 Å². The summed E-state index contributed by atoms with van der Waals surface area (Å²) < 4.78 is 4.90. The average molecular weight is 268 g/mol. The molecule has 19 heavy (non-hydrogen) atoms. The van der Waals surface area contributed by atoms with Gasteiger partial charge in [0, 0.05) is 11.5 Å². The Kier molecular flexibility index (Phi) is 7.30. The number of nitrogens with zero attached hydrogens (tertiary/aromatic N) is 3. The molecule has 3 unspecified atom stereocenters. The van der Waals surface area contributed by atoms with Gasteiger partial charge in [-0.2, -0.15) is 0 Å². The minimum Gasteiger partial charge on any atom is -0.468 e. The highest BCUT2D eigenvalue weighted by atomic mass is 16.5. The van der Waals surface area contributed by atoms with Gasteiger partial charge in [-0.05, 0) is 43.2 Å². The number of hydrogen-bond acceptors (Lipinski definition) is 4. The first kappa shape index (κ1) is 15.8. The van der Waals surface area contributed by atoms with Crippen molar-refractivity contribution in [3.63, 3.8) is 0 Å². The monoisotopic (exact) mass is 268 g/mol. The third kappa shape index (κ3) is 5.49. The molecule has 0 amide bonds. The van der Waals surface area contributed by atoms with Crippen LogP contribution in [0.25, 0.3) is 10.4 Å². The van der Waals surface area contributed by atoms with E-state index in [4.69, 9.17) is 10.3 Å². The number of carbonyl (C=O) groups is 1. The Hall–Kier alpha value is -1.26. The summed E-state index contributed by atoms with van der Waals surface area (Å²) in [6.07, 6.45) is 5.32. The van der Waals surface area contributed by atoms with E-state index in [0.717, 1.165) is 19.3 Å². The lowest BCUT2D eigenvalue weighted by Crippen LogP contribution is -2.45. The molecular formula is C13H24N4O2. The Balaban J connectivity index is 2.46. The van der Waals surface area contributed by atoms with Gasteiger partial charge in [-0.3, -0.25) is 4.79 Å². The van der Waals surface area contributed by atoms with E-state index in [1.165, 1.54) is 20.0 Å². The normalized spacial score (nSPS) is 24.3. The van der Waals surface area contributed by atoms with Crippen LogP contribution in [0.1, 0.15) is 39.0 Å². The van der Waals surface area contributed by atoms with Crippen LogP contribution in [0.4, 0.5) is 0 Å². The molecule has 0 radical (unpaired) electrons. The number of hydrogen-bond donors (Lipinski definition) is 1. The summed E-state index contributed by atoms with van der Waals surface area (Å²) in [4.78, 5) is 14.6. The fourth-order valence-electron chi connectivity index (χ4n) is 2.81. The molecule has 0 spiro atoms. The highest BCUT2D eigenvalue weighted by Crippen LogP contribution is 2.31. The van der Waals surface area contributed by atoms with Crippen molar-refractivity contribution in [3.05, 3.63) is 10.4 Å². The third-order valence-corrected chi connectivity index (χ3v) is 3.77.